The minimum Gasteiger partial charge on any atom is -0.481 e. The minimum atomic E-state index is -1.02. The van der Waals surface area contributed by atoms with E-state index in [4.69, 9.17) is 48.8 Å². The molecule has 0 radical (unpaired) electrons. The fourth-order valence-electron chi connectivity index (χ4n) is 3.53. The summed E-state index contributed by atoms with van der Waals surface area (Å²) in [6.45, 7) is 12.7. The molecular weight excluding hydrogens is 824 g/mol. The van der Waals surface area contributed by atoms with Crippen LogP contribution in [0.2, 0.25) is 0 Å². The Kier molecular flexibility index (Phi) is 68.4. The molecule has 2 saturated heterocycles. The molecule has 0 aromatic carbocycles. The number of hydrogen-bond acceptors (Lipinski definition) is 18. The molecule has 20 heteroatoms. The molecule has 368 valence electrons. The average molecular weight is 905 g/mol. The molecule has 2 aliphatic rings. The summed E-state index contributed by atoms with van der Waals surface area (Å²) in [6.07, 6.45) is 9.48. The number of hydrogen-bond donors (Lipinski definition) is 4. The molecule has 0 saturated carbocycles. The van der Waals surface area contributed by atoms with Gasteiger partial charge in [0.25, 0.3) is 0 Å². The Balaban J connectivity index is -0.000000160. The number of carboxylic acid groups (broad SMARTS) is 2. The lowest BCUT2D eigenvalue weighted by atomic mass is 10.2. The van der Waals surface area contributed by atoms with Gasteiger partial charge in [0.1, 0.15) is 13.2 Å². The van der Waals surface area contributed by atoms with Crippen molar-refractivity contribution in [1.82, 2.24) is 0 Å². The molecule has 0 spiro atoms. The fourth-order valence-corrected chi connectivity index (χ4v) is 3.53. The second kappa shape index (κ2) is 61.1. The molecule has 0 bridgehead atoms. The summed E-state index contributed by atoms with van der Waals surface area (Å²) in [7, 11) is 4.65. The van der Waals surface area contributed by atoms with Crippen molar-refractivity contribution in [3.8, 4) is 0 Å². The topological polar surface area (TPSA) is 291 Å². The number of aliphatic hydroxyl groups is 2. The van der Waals surface area contributed by atoms with E-state index < -0.39 is 29.8 Å². The molecule has 0 atom stereocenters. The third-order valence-electron chi connectivity index (χ3n) is 6.62. The number of rotatable bonds is 23. The first kappa shape index (κ1) is 69.5. The van der Waals surface area contributed by atoms with Gasteiger partial charge in [-0.3, -0.25) is 38.4 Å². The molecule has 62 heavy (non-hydrogen) atoms. The molecule has 0 amide bonds. The summed E-state index contributed by atoms with van der Waals surface area (Å²) < 4.78 is 37.3. The number of aliphatic hydroxyl groups excluding tert-OH is 2. The van der Waals surface area contributed by atoms with Gasteiger partial charge in [-0.25, -0.2) is 0 Å². The molecule has 0 aromatic rings. The zero-order chi connectivity index (χ0) is 48.7. The molecule has 2 rings (SSSR count). The molecule has 0 aliphatic carbocycles. The molecular formula is C42H80O20. The van der Waals surface area contributed by atoms with E-state index >= 15 is 0 Å². The van der Waals surface area contributed by atoms with Gasteiger partial charge in [0.15, 0.2) is 0 Å². The number of unbranched alkanes of at least 4 members (excludes halogenated alkanes) is 4. The summed E-state index contributed by atoms with van der Waals surface area (Å²) in [5, 5.41) is 32.5. The molecule has 2 heterocycles. The smallest absolute Gasteiger partial charge is 0.314 e. The van der Waals surface area contributed by atoms with Crippen LogP contribution in [0.15, 0.2) is 0 Å². The maximum absolute atomic E-state index is 11.2. The number of esters is 6. The van der Waals surface area contributed by atoms with Crippen LogP contribution in [0.5, 0.6) is 0 Å². The second-order valence-electron chi connectivity index (χ2n) is 11.7. The SMILES string of the molecule is CC.CC.CCC(=O)O.COCCO.COCCOC(=O)CCCCCO.COCCOC(=O)CCCCCOC(=O)CCC(=O)O.O=C1CCC(=O)O1.O=C1CCCCCO1. The Morgan fingerprint density at radius 3 is 1.32 bits per heavy atom. The third-order valence-corrected chi connectivity index (χ3v) is 6.62. The van der Waals surface area contributed by atoms with Crippen molar-refractivity contribution in [3.63, 3.8) is 0 Å². The fraction of sp³-hybridized carbons (Fsp3) is 0.810. The largest absolute Gasteiger partial charge is 0.481 e. The summed E-state index contributed by atoms with van der Waals surface area (Å²) in [5.41, 5.74) is 0. The molecule has 0 unspecified atom stereocenters. The van der Waals surface area contributed by atoms with Crippen LogP contribution >= 0.6 is 0 Å². The second-order valence-corrected chi connectivity index (χ2v) is 11.7. The van der Waals surface area contributed by atoms with Crippen molar-refractivity contribution in [2.75, 3.05) is 80.8 Å². The van der Waals surface area contributed by atoms with Crippen LogP contribution in [-0.4, -0.2) is 149 Å². The van der Waals surface area contributed by atoms with E-state index in [1.54, 1.807) is 21.1 Å². The number of carbonyl (C=O) groups excluding carboxylic acids is 6. The van der Waals surface area contributed by atoms with Crippen LogP contribution in [0.4, 0.5) is 0 Å². The Bertz CT molecular complexity index is 1040. The lowest BCUT2D eigenvalue weighted by Crippen LogP contribution is -2.10. The maximum atomic E-state index is 11.2. The quantitative estimate of drug-likeness (QED) is 0.0455. The van der Waals surface area contributed by atoms with Gasteiger partial charge < -0.3 is 58.3 Å². The van der Waals surface area contributed by atoms with Crippen LogP contribution in [0, 0.1) is 0 Å². The van der Waals surface area contributed by atoms with Crippen LogP contribution in [0.3, 0.4) is 0 Å². The highest BCUT2D eigenvalue weighted by molar-refractivity contribution is 5.92. The van der Waals surface area contributed by atoms with Crippen molar-refractivity contribution in [1.29, 1.82) is 0 Å². The van der Waals surface area contributed by atoms with Gasteiger partial charge >= 0.3 is 47.8 Å². The number of carboxylic acids is 2. The summed E-state index contributed by atoms with van der Waals surface area (Å²) in [6, 6.07) is 0. The van der Waals surface area contributed by atoms with Gasteiger partial charge in [-0.2, -0.15) is 0 Å². The maximum Gasteiger partial charge on any atom is 0.314 e. The van der Waals surface area contributed by atoms with Gasteiger partial charge in [-0.15, -0.1) is 0 Å². The van der Waals surface area contributed by atoms with Crippen LogP contribution in [-0.2, 0) is 76.3 Å². The van der Waals surface area contributed by atoms with Crippen molar-refractivity contribution in [3.05, 3.63) is 0 Å². The lowest BCUT2D eigenvalue weighted by Gasteiger charge is -2.05. The Morgan fingerprint density at radius 1 is 0.500 bits per heavy atom. The van der Waals surface area contributed by atoms with Crippen molar-refractivity contribution < 1.29 is 96.7 Å². The lowest BCUT2D eigenvalue weighted by molar-refractivity contribution is -0.152. The van der Waals surface area contributed by atoms with E-state index in [1.807, 2.05) is 27.7 Å². The summed E-state index contributed by atoms with van der Waals surface area (Å²) in [4.78, 5) is 83.3. The Morgan fingerprint density at radius 2 is 0.952 bits per heavy atom. The highest BCUT2D eigenvalue weighted by Crippen LogP contribution is 2.07. The van der Waals surface area contributed by atoms with Crippen LogP contribution < -0.4 is 0 Å². The Labute approximate surface area is 368 Å². The van der Waals surface area contributed by atoms with Gasteiger partial charge in [0.2, 0.25) is 0 Å². The van der Waals surface area contributed by atoms with Gasteiger partial charge in [-0.1, -0.05) is 41.0 Å². The van der Waals surface area contributed by atoms with Gasteiger partial charge in [-0.05, 0) is 51.4 Å². The van der Waals surface area contributed by atoms with Crippen molar-refractivity contribution in [2.24, 2.45) is 0 Å². The Hall–Kier alpha value is -4.24. The van der Waals surface area contributed by atoms with Gasteiger partial charge in [0.05, 0.1) is 65.3 Å². The first-order chi connectivity index (χ1) is 29.7. The normalized spacial score (nSPS) is 11.9. The predicted molar refractivity (Wildman–Crippen MR) is 227 cm³/mol. The number of aliphatic carboxylic acids is 2. The molecule has 2 fully saturated rings. The van der Waals surface area contributed by atoms with E-state index in [2.05, 4.69) is 9.47 Å². The molecule has 0 aromatic heterocycles. The van der Waals surface area contributed by atoms with E-state index in [-0.39, 0.29) is 76.4 Å². The predicted octanol–water partition coefficient (Wildman–Crippen LogP) is 4.99. The molecule has 4 N–H and O–H groups in total. The highest BCUT2D eigenvalue weighted by atomic mass is 16.6. The first-order valence-corrected chi connectivity index (χ1v) is 21.2. The first-order valence-electron chi connectivity index (χ1n) is 21.2. The van der Waals surface area contributed by atoms with Gasteiger partial charge in [0, 0.05) is 53.6 Å². The van der Waals surface area contributed by atoms with E-state index in [0.29, 0.717) is 65.1 Å². The van der Waals surface area contributed by atoms with Crippen LogP contribution in [0.25, 0.3) is 0 Å². The highest BCUT2D eigenvalue weighted by Gasteiger charge is 2.19. The van der Waals surface area contributed by atoms with Crippen molar-refractivity contribution >= 4 is 47.8 Å². The van der Waals surface area contributed by atoms with E-state index in [1.165, 1.54) is 7.11 Å². The van der Waals surface area contributed by atoms with Crippen molar-refractivity contribution in [2.45, 2.75) is 144 Å². The zero-order valence-corrected chi connectivity index (χ0v) is 38.7. The summed E-state index contributed by atoms with van der Waals surface area (Å²) >= 11 is 0. The number of ether oxygens (including phenoxy) is 8. The number of methoxy groups -OCH3 is 3. The monoisotopic (exact) mass is 905 g/mol. The standard InChI is InChI=1S/C13H22O7.C9H18O4.C6H10O2.C4H4O3.C3H8O2.C3H6O2.2C2H6/c1-18-9-10-20-12(16)5-3-2-4-8-19-13(17)7-6-11(14)15;1-12-7-8-13-9(11)5-3-2-4-6-10;7-6-4-2-1-3-5-8-6;5-3-1-2-4(6)7-3;1-5-3-2-4;1-2-3(4)5;2*1-2/h2-10H2,1H3,(H,14,15);10H,2-8H2,1H3;1-5H2;1-2H2;4H,2-3H2,1H3;2H2,1H3,(H,4,5);2*1-2H3. The zero-order valence-electron chi connectivity index (χ0n) is 38.7. The van der Waals surface area contributed by atoms with E-state index in [0.717, 1.165) is 44.9 Å². The number of carbonyl (C=O) groups is 8. The molecule has 20 nitrogen and oxygen atoms in total. The third kappa shape index (κ3) is 73.3. The average Bonchev–Trinajstić information content (AvgIpc) is 3.48. The summed E-state index contributed by atoms with van der Waals surface area (Å²) in [5.74, 6) is -3.54. The van der Waals surface area contributed by atoms with E-state index in [9.17, 15) is 38.4 Å². The van der Waals surface area contributed by atoms with Crippen LogP contribution in [0.1, 0.15) is 144 Å². The number of cyclic esters (lactones) is 3. The minimum absolute atomic E-state index is 0.0255. The molecule has 2 aliphatic heterocycles.